The molecule has 2 aliphatic carbocycles. The number of hydrogen-bond acceptors (Lipinski definition) is 6. The van der Waals surface area contributed by atoms with Gasteiger partial charge in [0.25, 0.3) is 0 Å². The number of nitrogens with zero attached hydrogens (tertiary/aromatic N) is 2. The van der Waals surface area contributed by atoms with Gasteiger partial charge in [0.15, 0.2) is 17.4 Å². The van der Waals surface area contributed by atoms with Crippen LogP contribution in [0.3, 0.4) is 0 Å². The number of rotatable bonds is 4. The van der Waals surface area contributed by atoms with Crippen LogP contribution in [-0.2, 0) is 21.4 Å². The fraction of sp³-hybridized carbons (Fsp3) is 0.565. The van der Waals surface area contributed by atoms with E-state index in [-0.39, 0.29) is 36.0 Å². The zero-order chi connectivity index (χ0) is 20.3. The van der Waals surface area contributed by atoms with Gasteiger partial charge in [-0.1, -0.05) is 12.1 Å². The fourth-order valence-corrected chi connectivity index (χ4v) is 6.39. The number of benzene rings is 1. The maximum atomic E-state index is 12.6. The molecule has 29 heavy (non-hydrogen) atoms. The third kappa shape index (κ3) is 2.28. The molecule has 5 rings (SSSR count). The third-order valence-corrected chi connectivity index (χ3v) is 7.52. The first-order valence-corrected chi connectivity index (χ1v) is 10.4. The lowest BCUT2D eigenvalue weighted by molar-refractivity contribution is -0.149. The zero-order valence-corrected chi connectivity index (χ0v) is 17.1. The van der Waals surface area contributed by atoms with E-state index in [0.29, 0.717) is 0 Å². The van der Waals surface area contributed by atoms with Gasteiger partial charge in [0.1, 0.15) is 6.10 Å². The van der Waals surface area contributed by atoms with E-state index in [4.69, 9.17) is 14.2 Å². The molecule has 0 saturated carbocycles. The summed E-state index contributed by atoms with van der Waals surface area (Å²) in [5, 5.41) is 9.90. The highest BCUT2D eigenvalue weighted by Gasteiger charge is 2.65. The Morgan fingerprint density at radius 3 is 3.00 bits per heavy atom. The predicted octanol–water partition coefficient (Wildman–Crippen LogP) is 2.46. The van der Waals surface area contributed by atoms with Gasteiger partial charge in [0.2, 0.25) is 0 Å². The first kappa shape index (κ1) is 18.5. The summed E-state index contributed by atoms with van der Waals surface area (Å²) in [5.74, 6) is 0.298. The van der Waals surface area contributed by atoms with Crippen molar-refractivity contribution < 1.29 is 19.0 Å². The van der Waals surface area contributed by atoms with Crippen molar-refractivity contribution in [2.24, 2.45) is 17.8 Å². The largest absolute Gasteiger partial charge is 0.493 e. The predicted molar refractivity (Wildman–Crippen MR) is 106 cm³/mol. The van der Waals surface area contributed by atoms with Crippen LogP contribution in [0.15, 0.2) is 24.3 Å². The Kier molecular flexibility index (Phi) is 4.15. The molecule has 152 valence electrons. The highest BCUT2D eigenvalue weighted by molar-refractivity contribution is 5.76. The van der Waals surface area contributed by atoms with E-state index in [9.17, 15) is 10.1 Å². The second kappa shape index (κ2) is 6.50. The van der Waals surface area contributed by atoms with Crippen LogP contribution in [0.1, 0.15) is 24.5 Å². The Bertz CT molecular complexity index is 936. The molecule has 2 heterocycles. The van der Waals surface area contributed by atoms with Crippen molar-refractivity contribution in [1.29, 1.82) is 5.26 Å². The van der Waals surface area contributed by atoms with Crippen molar-refractivity contribution >= 4 is 5.97 Å². The van der Waals surface area contributed by atoms with Gasteiger partial charge in [-0.25, -0.2) is 0 Å². The molecule has 1 fully saturated rings. The number of methoxy groups -OCH3 is 1. The molecule has 1 spiro atoms. The standard InChI is InChI=1S/C23H26N2O4/c1-4-28-22(26)15(12-24)14-6-8-18-23-9-10-25(2)16(20(14)23)11-13-5-7-17(27-3)21(29-18)19(13)23/h5-8,14-16,18,20H,4,9-11H2,1-3H3/t14-,15?,16-,18+,20+,23-/m1/s1. The molecule has 0 amide bonds. The van der Waals surface area contributed by atoms with E-state index >= 15 is 0 Å². The van der Waals surface area contributed by atoms with Gasteiger partial charge in [0, 0.05) is 22.9 Å². The monoisotopic (exact) mass is 394 g/mol. The minimum absolute atomic E-state index is 0.0909. The number of hydrogen-bond donors (Lipinski definition) is 0. The van der Waals surface area contributed by atoms with Crippen molar-refractivity contribution in [3.8, 4) is 17.6 Å². The molecule has 6 atom stereocenters. The Labute approximate surface area is 171 Å². The van der Waals surface area contributed by atoms with Gasteiger partial charge in [-0.05, 0) is 57.0 Å². The normalized spacial score (nSPS) is 34.6. The van der Waals surface area contributed by atoms with Gasteiger partial charge < -0.3 is 19.1 Å². The molecule has 0 radical (unpaired) electrons. The van der Waals surface area contributed by atoms with Gasteiger partial charge in [0.05, 0.1) is 19.8 Å². The molecule has 1 aromatic carbocycles. The van der Waals surface area contributed by atoms with Crippen LogP contribution < -0.4 is 9.47 Å². The molecule has 0 aromatic heterocycles. The molecule has 0 N–H and O–H groups in total. The van der Waals surface area contributed by atoms with Crippen molar-refractivity contribution in [1.82, 2.24) is 4.90 Å². The summed E-state index contributed by atoms with van der Waals surface area (Å²) in [6, 6.07) is 6.67. The molecular weight excluding hydrogens is 368 g/mol. The summed E-state index contributed by atoms with van der Waals surface area (Å²) in [6.45, 7) is 3.03. The van der Waals surface area contributed by atoms with Crippen LogP contribution in [0.5, 0.6) is 11.5 Å². The fourth-order valence-electron chi connectivity index (χ4n) is 6.39. The van der Waals surface area contributed by atoms with E-state index in [1.54, 1.807) is 14.0 Å². The summed E-state index contributed by atoms with van der Waals surface area (Å²) < 4.78 is 17.3. The summed E-state index contributed by atoms with van der Waals surface area (Å²) in [6.07, 6.45) is 5.84. The van der Waals surface area contributed by atoms with E-state index in [1.165, 1.54) is 11.1 Å². The van der Waals surface area contributed by atoms with Gasteiger partial charge in [-0.15, -0.1) is 0 Å². The minimum Gasteiger partial charge on any atom is -0.493 e. The minimum atomic E-state index is -0.806. The second-order valence-corrected chi connectivity index (χ2v) is 8.56. The number of likely N-dealkylation sites (tertiary alicyclic amines) is 1. The van der Waals surface area contributed by atoms with E-state index in [2.05, 4.69) is 30.2 Å². The lowest BCUT2D eigenvalue weighted by atomic mass is 9.49. The average molecular weight is 394 g/mol. The number of piperidine rings is 1. The van der Waals surface area contributed by atoms with Crippen LogP contribution in [0, 0.1) is 29.1 Å². The van der Waals surface area contributed by atoms with Crippen molar-refractivity contribution in [3.63, 3.8) is 0 Å². The Morgan fingerprint density at radius 2 is 2.28 bits per heavy atom. The maximum Gasteiger partial charge on any atom is 0.323 e. The number of nitriles is 1. The number of carbonyl (C=O) groups excluding carboxylic acids is 1. The summed E-state index contributed by atoms with van der Waals surface area (Å²) in [4.78, 5) is 15.0. The second-order valence-electron chi connectivity index (χ2n) is 8.56. The Balaban J connectivity index is 1.70. The first-order chi connectivity index (χ1) is 14.1. The van der Waals surface area contributed by atoms with Crippen LogP contribution in [0.2, 0.25) is 0 Å². The van der Waals surface area contributed by atoms with Crippen molar-refractivity contribution in [2.75, 3.05) is 27.3 Å². The number of carbonyl (C=O) groups is 1. The molecule has 2 bridgehead atoms. The number of ether oxygens (including phenoxy) is 3. The Morgan fingerprint density at radius 1 is 1.45 bits per heavy atom. The molecule has 2 aliphatic heterocycles. The van der Waals surface area contributed by atoms with Crippen molar-refractivity contribution in [2.45, 2.75) is 37.3 Å². The van der Waals surface area contributed by atoms with Crippen molar-refractivity contribution in [3.05, 3.63) is 35.4 Å². The molecule has 1 unspecified atom stereocenters. The third-order valence-electron chi connectivity index (χ3n) is 7.52. The lowest BCUT2D eigenvalue weighted by Crippen LogP contribution is -2.65. The molecule has 6 nitrogen and oxygen atoms in total. The van der Waals surface area contributed by atoms with Crippen LogP contribution in [-0.4, -0.2) is 50.3 Å². The zero-order valence-electron chi connectivity index (χ0n) is 17.1. The number of esters is 1. The summed E-state index contributed by atoms with van der Waals surface area (Å²) in [5.41, 5.74) is 2.32. The van der Waals surface area contributed by atoms with E-state index < -0.39 is 11.9 Å². The molecule has 4 aliphatic rings. The van der Waals surface area contributed by atoms with Gasteiger partial charge in [-0.3, -0.25) is 4.79 Å². The van der Waals surface area contributed by atoms with Crippen LogP contribution in [0.4, 0.5) is 0 Å². The SMILES string of the molecule is CCOC(=O)C(C#N)[C@H]1C=C[C@@H]2Oc3c(OC)ccc4c3[C@@]23CCN(C)[C@H](C4)[C@H]13. The topological polar surface area (TPSA) is 71.8 Å². The number of likely N-dealkylation sites (N-methyl/N-ethyl adjacent to an activating group) is 1. The van der Waals surface area contributed by atoms with Gasteiger partial charge in [-0.2, -0.15) is 5.26 Å². The lowest BCUT2D eigenvalue weighted by Gasteiger charge is -2.58. The smallest absolute Gasteiger partial charge is 0.323 e. The van der Waals surface area contributed by atoms with Crippen LogP contribution >= 0.6 is 0 Å². The Hall–Kier alpha value is -2.52. The van der Waals surface area contributed by atoms with Gasteiger partial charge >= 0.3 is 5.97 Å². The van der Waals surface area contributed by atoms with Crippen LogP contribution in [0.25, 0.3) is 0 Å². The quantitative estimate of drug-likeness (QED) is 0.577. The highest BCUT2D eigenvalue weighted by atomic mass is 16.5. The number of allylic oxidation sites excluding steroid dienone is 1. The molecule has 6 heteroatoms. The molecule has 1 saturated heterocycles. The maximum absolute atomic E-state index is 12.6. The van der Waals surface area contributed by atoms with E-state index in [1.807, 2.05) is 12.1 Å². The molecule has 1 aromatic rings. The highest BCUT2D eigenvalue weighted by Crippen LogP contribution is 2.64. The summed E-state index contributed by atoms with van der Waals surface area (Å²) >= 11 is 0. The summed E-state index contributed by atoms with van der Waals surface area (Å²) in [7, 11) is 3.82. The molecular formula is C23H26N2O4. The average Bonchev–Trinajstić information content (AvgIpc) is 3.06. The van der Waals surface area contributed by atoms with E-state index in [0.717, 1.165) is 30.9 Å². The first-order valence-electron chi connectivity index (χ1n) is 10.4.